The van der Waals surface area contributed by atoms with Crippen molar-refractivity contribution in [3.05, 3.63) is 59.0 Å². The van der Waals surface area contributed by atoms with E-state index in [1.807, 2.05) is 34.6 Å². The van der Waals surface area contributed by atoms with Gasteiger partial charge in [0.2, 0.25) is 0 Å². The maximum absolute atomic E-state index is 8.47. The standard InChI is InChI=1S/C19H22/c1-18(2,3)15-11-8-12-16-17(15)13-9-6-7-10-14(13)19(16,4)5/h6-12H,1-5H3/i6D,7D,8D,9D,10D,11D,12D. The number of hydrogen-bond donors (Lipinski definition) is 0. The van der Waals surface area contributed by atoms with E-state index >= 15 is 0 Å². The molecular weight excluding hydrogens is 228 g/mol. The van der Waals surface area contributed by atoms with Crippen LogP contribution in [0.25, 0.3) is 11.1 Å². The molecule has 1 aliphatic rings. The summed E-state index contributed by atoms with van der Waals surface area (Å²) in [6, 6.07) is -1.14. The molecule has 0 heterocycles. The Bertz CT molecular complexity index is 966. The van der Waals surface area contributed by atoms with Crippen molar-refractivity contribution in [3.63, 3.8) is 0 Å². The topological polar surface area (TPSA) is 0 Å². The molecule has 0 bridgehead atoms. The first-order valence-electron chi connectivity index (χ1n) is 10.0. The lowest BCUT2D eigenvalue weighted by Crippen LogP contribution is -2.16. The number of benzene rings is 2. The second-order valence-corrected chi connectivity index (χ2v) is 6.62. The average Bonchev–Trinajstić information content (AvgIpc) is 2.75. The van der Waals surface area contributed by atoms with Gasteiger partial charge in [-0.25, -0.2) is 0 Å². The summed E-state index contributed by atoms with van der Waals surface area (Å²) in [5.74, 6) is 0. The van der Waals surface area contributed by atoms with E-state index in [2.05, 4.69) is 0 Å². The molecule has 0 heteroatoms. The Morgan fingerprint density at radius 3 is 2.21 bits per heavy atom. The van der Waals surface area contributed by atoms with Crippen molar-refractivity contribution in [2.45, 2.75) is 45.4 Å². The van der Waals surface area contributed by atoms with Crippen LogP contribution >= 0.6 is 0 Å². The molecule has 0 atom stereocenters. The van der Waals surface area contributed by atoms with Gasteiger partial charge in [0.05, 0.1) is 9.60 Å². The largest absolute Gasteiger partial charge is 0.0629 e. The summed E-state index contributed by atoms with van der Waals surface area (Å²) in [6.07, 6.45) is 0. The monoisotopic (exact) mass is 257 g/mol. The first kappa shape index (κ1) is 6.74. The quantitative estimate of drug-likeness (QED) is 0.601. The lowest BCUT2D eigenvalue weighted by Gasteiger charge is -2.25. The highest BCUT2D eigenvalue weighted by Gasteiger charge is 2.37. The molecule has 0 saturated heterocycles. The summed E-state index contributed by atoms with van der Waals surface area (Å²) in [6.45, 7) is 9.40. The van der Waals surface area contributed by atoms with Crippen LogP contribution in [-0.4, -0.2) is 0 Å². The molecule has 0 amide bonds. The van der Waals surface area contributed by atoms with E-state index in [0.29, 0.717) is 27.8 Å². The Labute approximate surface area is 126 Å². The van der Waals surface area contributed by atoms with Crippen LogP contribution in [0.3, 0.4) is 0 Å². The predicted molar refractivity (Wildman–Crippen MR) is 82.7 cm³/mol. The van der Waals surface area contributed by atoms with Crippen molar-refractivity contribution in [2.75, 3.05) is 0 Å². The zero-order valence-corrected chi connectivity index (χ0v) is 12.0. The van der Waals surface area contributed by atoms with Crippen LogP contribution in [0.4, 0.5) is 0 Å². The second kappa shape index (κ2) is 3.72. The zero-order valence-electron chi connectivity index (χ0n) is 19.0. The summed E-state index contributed by atoms with van der Waals surface area (Å²) >= 11 is 0. The molecule has 0 nitrogen and oxygen atoms in total. The van der Waals surface area contributed by atoms with Crippen LogP contribution in [0, 0.1) is 0 Å². The summed E-state index contributed by atoms with van der Waals surface area (Å²) in [5, 5.41) is 0. The maximum Gasteiger partial charge on any atom is 0.0629 e. The molecule has 0 spiro atoms. The minimum Gasteiger partial charge on any atom is -0.0619 e. The van der Waals surface area contributed by atoms with E-state index in [4.69, 9.17) is 9.60 Å². The fraction of sp³-hybridized carbons (Fsp3) is 0.368. The molecule has 0 aromatic heterocycles. The maximum atomic E-state index is 8.47. The Morgan fingerprint density at radius 2 is 1.53 bits per heavy atom. The first-order valence-corrected chi connectivity index (χ1v) is 6.50. The van der Waals surface area contributed by atoms with E-state index in [-0.39, 0.29) is 42.3 Å². The van der Waals surface area contributed by atoms with Gasteiger partial charge < -0.3 is 0 Å². The van der Waals surface area contributed by atoms with Gasteiger partial charge in [0.1, 0.15) is 0 Å². The first-order chi connectivity index (χ1) is 11.7. The molecule has 0 unspecified atom stereocenters. The number of rotatable bonds is 0. The highest BCUT2D eigenvalue weighted by Crippen LogP contribution is 2.51. The van der Waals surface area contributed by atoms with Gasteiger partial charge in [0.15, 0.2) is 0 Å². The summed E-state index contributed by atoms with van der Waals surface area (Å²) in [7, 11) is 0. The molecular formula is C19H22. The van der Waals surface area contributed by atoms with Crippen molar-refractivity contribution in [2.24, 2.45) is 0 Å². The molecule has 0 fully saturated rings. The highest BCUT2D eigenvalue weighted by atomic mass is 14.4. The van der Waals surface area contributed by atoms with Crippen molar-refractivity contribution in [1.29, 1.82) is 0 Å². The van der Waals surface area contributed by atoms with Crippen LogP contribution in [0.15, 0.2) is 42.3 Å². The third-order valence-electron chi connectivity index (χ3n) is 3.81. The van der Waals surface area contributed by atoms with E-state index in [1.165, 1.54) is 0 Å². The van der Waals surface area contributed by atoms with Gasteiger partial charge in [-0.15, -0.1) is 0 Å². The molecule has 1 aliphatic carbocycles. The van der Waals surface area contributed by atoms with Gasteiger partial charge in [-0.2, -0.15) is 0 Å². The van der Waals surface area contributed by atoms with Crippen molar-refractivity contribution in [1.82, 2.24) is 0 Å². The number of hydrogen-bond acceptors (Lipinski definition) is 0. The minimum atomic E-state index is -0.846. The van der Waals surface area contributed by atoms with Gasteiger partial charge >= 0.3 is 0 Å². The predicted octanol–water partition coefficient (Wildman–Crippen LogP) is 5.29. The molecule has 2 aromatic rings. The highest BCUT2D eigenvalue weighted by molar-refractivity contribution is 5.83. The second-order valence-electron chi connectivity index (χ2n) is 6.62. The summed E-state index contributed by atoms with van der Waals surface area (Å²) < 4.78 is 58.2. The Hall–Kier alpha value is -1.56. The van der Waals surface area contributed by atoms with Crippen LogP contribution in [0.1, 0.15) is 60.9 Å². The summed E-state index contributed by atoms with van der Waals surface area (Å²) in [4.78, 5) is 0. The SMILES string of the molecule is [2H]c1c([2H])c([2H])c2c(c1[2H])-c1c(C(C)(C)C)c([2H])c([2H])c([2H])c1C2(C)C. The number of fused-ring (bicyclic) bond motifs is 3. The third kappa shape index (κ3) is 1.66. The fourth-order valence-electron chi connectivity index (χ4n) is 2.78. The minimum absolute atomic E-state index is 0.0442. The van der Waals surface area contributed by atoms with Gasteiger partial charge in [0.25, 0.3) is 0 Å². The van der Waals surface area contributed by atoms with Gasteiger partial charge in [-0.1, -0.05) is 76.9 Å². The molecule has 0 N–H and O–H groups in total. The molecule has 0 aliphatic heterocycles. The lowest BCUT2D eigenvalue weighted by atomic mass is 9.79. The molecule has 19 heavy (non-hydrogen) atoms. The van der Waals surface area contributed by atoms with Crippen molar-refractivity contribution >= 4 is 0 Å². The van der Waals surface area contributed by atoms with Gasteiger partial charge in [-0.05, 0) is 33.2 Å². The van der Waals surface area contributed by atoms with Crippen LogP contribution in [0.5, 0.6) is 0 Å². The Kier molecular flexibility index (Phi) is 1.32. The van der Waals surface area contributed by atoms with Gasteiger partial charge in [0, 0.05) is 5.41 Å². The average molecular weight is 257 g/mol. The fourth-order valence-corrected chi connectivity index (χ4v) is 2.78. The van der Waals surface area contributed by atoms with Crippen LogP contribution in [-0.2, 0) is 10.8 Å². The van der Waals surface area contributed by atoms with Crippen LogP contribution < -0.4 is 0 Å². The third-order valence-corrected chi connectivity index (χ3v) is 3.81. The van der Waals surface area contributed by atoms with Crippen molar-refractivity contribution in [3.8, 4) is 11.1 Å². The molecule has 0 radical (unpaired) electrons. The van der Waals surface area contributed by atoms with E-state index in [9.17, 15) is 0 Å². The smallest absolute Gasteiger partial charge is 0.0619 e. The van der Waals surface area contributed by atoms with E-state index in [0.717, 1.165) is 0 Å². The van der Waals surface area contributed by atoms with E-state index in [1.54, 1.807) is 0 Å². The van der Waals surface area contributed by atoms with Crippen molar-refractivity contribution < 1.29 is 9.60 Å². The molecule has 0 saturated carbocycles. The molecule has 2 aromatic carbocycles. The zero-order chi connectivity index (χ0) is 19.9. The van der Waals surface area contributed by atoms with Crippen LogP contribution in [0.2, 0.25) is 0 Å². The summed E-state index contributed by atoms with van der Waals surface area (Å²) in [5.41, 5.74) is 1.08. The Balaban J connectivity index is 2.69. The molecule has 3 rings (SSSR count). The normalized spacial score (nSPS) is 21.2. The molecule has 98 valence electrons. The Morgan fingerprint density at radius 1 is 0.895 bits per heavy atom. The van der Waals surface area contributed by atoms with E-state index < -0.39 is 10.8 Å². The van der Waals surface area contributed by atoms with Gasteiger partial charge in [-0.3, -0.25) is 0 Å². The lowest BCUT2D eigenvalue weighted by molar-refractivity contribution is 0.589.